The zero-order valence-corrected chi connectivity index (χ0v) is 12.8. The van der Waals surface area contributed by atoms with Crippen LogP contribution in [-0.2, 0) is 16.1 Å². The number of benzene rings is 1. The summed E-state index contributed by atoms with van der Waals surface area (Å²) in [6.45, 7) is 3.70. The first-order chi connectivity index (χ1) is 10.5. The van der Waals surface area contributed by atoms with Crippen LogP contribution in [-0.4, -0.2) is 37.6 Å². The minimum Gasteiger partial charge on any atom is -0.384 e. The number of hydrogen-bond donors (Lipinski definition) is 2. The van der Waals surface area contributed by atoms with Crippen molar-refractivity contribution >= 4 is 11.6 Å². The standard InChI is InChI=1S/C15H21N3O4/c1-11-12(4-3-5-13(11)18(20)21)8-17-14(19)15(10-22-2)6-7-16-9-15/h3-5,16H,6-10H2,1-2H3,(H,17,19). The number of ether oxygens (including phenoxy) is 1. The van der Waals surface area contributed by atoms with E-state index in [4.69, 9.17) is 4.74 Å². The summed E-state index contributed by atoms with van der Waals surface area (Å²) in [5.41, 5.74) is 0.851. The number of amides is 1. The highest BCUT2D eigenvalue weighted by Gasteiger charge is 2.41. The maximum Gasteiger partial charge on any atom is 0.272 e. The van der Waals surface area contributed by atoms with Crippen LogP contribution in [0.15, 0.2) is 18.2 Å². The van der Waals surface area contributed by atoms with Crippen molar-refractivity contribution < 1.29 is 14.5 Å². The van der Waals surface area contributed by atoms with E-state index < -0.39 is 10.3 Å². The van der Waals surface area contributed by atoms with Gasteiger partial charge in [-0.3, -0.25) is 14.9 Å². The summed E-state index contributed by atoms with van der Waals surface area (Å²) >= 11 is 0. The monoisotopic (exact) mass is 307 g/mol. The van der Waals surface area contributed by atoms with Crippen molar-refractivity contribution in [1.82, 2.24) is 10.6 Å². The number of rotatable bonds is 6. The first kappa shape index (κ1) is 16.4. The molecule has 1 aromatic carbocycles. The Morgan fingerprint density at radius 1 is 1.55 bits per heavy atom. The predicted molar refractivity (Wildman–Crippen MR) is 81.5 cm³/mol. The Labute approximate surface area is 129 Å². The third kappa shape index (κ3) is 3.26. The lowest BCUT2D eigenvalue weighted by molar-refractivity contribution is -0.385. The van der Waals surface area contributed by atoms with Crippen molar-refractivity contribution in [3.8, 4) is 0 Å². The number of nitrogens with zero attached hydrogens (tertiary/aromatic N) is 1. The quantitative estimate of drug-likeness (QED) is 0.607. The molecule has 120 valence electrons. The fraction of sp³-hybridized carbons (Fsp3) is 0.533. The average Bonchev–Trinajstić information content (AvgIpc) is 2.96. The highest BCUT2D eigenvalue weighted by molar-refractivity contribution is 5.83. The second-order valence-corrected chi connectivity index (χ2v) is 5.64. The van der Waals surface area contributed by atoms with Crippen LogP contribution >= 0.6 is 0 Å². The highest BCUT2D eigenvalue weighted by atomic mass is 16.6. The summed E-state index contributed by atoms with van der Waals surface area (Å²) < 4.78 is 5.19. The van der Waals surface area contributed by atoms with Crippen LogP contribution in [0.1, 0.15) is 17.5 Å². The van der Waals surface area contributed by atoms with Crippen molar-refractivity contribution in [3.05, 3.63) is 39.4 Å². The molecule has 0 saturated carbocycles. The molecule has 1 aliphatic rings. The van der Waals surface area contributed by atoms with Crippen molar-refractivity contribution in [2.75, 3.05) is 26.8 Å². The SMILES string of the molecule is COCC1(C(=O)NCc2cccc([N+](=O)[O-])c2C)CCNC1. The summed E-state index contributed by atoms with van der Waals surface area (Å²) in [7, 11) is 1.58. The third-order valence-electron chi connectivity index (χ3n) is 4.20. The Balaban J connectivity index is 2.08. The van der Waals surface area contributed by atoms with Gasteiger partial charge in [0, 0.05) is 31.8 Å². The van der Waals surface area contributed by atoms with Crippen molar-refractivity contribution in [3.63, 3.8) is 0 Å². The van der Waals surface area contributed by atoms with Crippen molar-refractivity contribution in [2.24, 2.45) is 5.41 Å². The molecule has 1 aromatic rings. The van der Waals surface area contributed by atoms with Crippen LogP contribution in [0.4, 0.5) is 5.69 Å². The zero-order valence-electron chi connectivity index (χ0n) is 12.8. The molecular weight excluding hydrogens is 286 g/mol. The third-order valence-corrected chi connectivity index (χ3v) is 4.20. The number of carbonyl (C=O) groups excluding carboxylic acids is 1. The normalized spacial score (nSPS) is 20.8. The first-order valence-electron chi connectivity index (χ1n) is 7.21. The lowest BCUT2D eigenvalue weighted by Gasteiger charge is -2.26. The smallest absolute Gasteiger partial charge is 0.272 e. The average molecular weight is 307 g/mol. The Kier molecular flexibility index (Phi) is 5.10. The topological polar surface area (TPSA) is 93.5 Å². The Bertz CT molecular complexity index is 568. The lowest BCUT2D eigenvalue weighted by Crippen LogP contribution is -2.45. The van der Waals surface area contributed by atoms with E-state index in [1.807, 2.05) is 0 Å². The molecule has 1 unspecified atom stereocenters. The fourth-order valence-electron chi connectivity index (χ4n) is 2.82. The molecule has 7 nitrogen and oxygen atoms in total. The van der Waals surface area contributed by atoms with Crippen LogP contribution in [0.25, 0.3) is 0 Å². The summed E-state index contributed by atoms with van der Waals surface area (Å²) in [5.74, 6) is -0.0785. The maximum absolute atomic E-state index is 12.5. The van der Waals surface area contributed by atoms with Crippen molar-refractivity contribution in [1.29, 1.82) is 0 Å². The highest BCUT2D eigenvalue weighted by Crippen LogP contribution is 2.27. The molecule has 1 heterocycles. The zero-order chi connectivity index (χ0) is 16.2. The van der Waals surface area contributed by atoms with Crippen LogP contribution in [0.5, 0.6) is 0 Å². The molecule has 1 saturated heterocycles. The molecule has 0 bridgehead atoms. The van der Waals surface area contributed by atoms with Gasteiger partial charge in [-0.2, -0.15) is 0 Å². The van der Waals surface area contributed by atoms with E-state index >= 15 is 0 Å². The van der Waals surface area contributed by atoms with Gasteiger partial charge in [0.1, 0.15) is 0 Å². The van der Waals surface area contributed by atoms with Crippen molar-refractivity contribution in [2.45, 2.75) is 19.9 Å². The van der Waals surface area contributed by atoms with Gasteiger partial charge in [-0.1, -0.05) is 12.1 Å². The number of nitro benzene ring substituents is 1. The number of nitro groups is 1. The van der Waals surface area contributed by atoms with Gasteiger partial charge in [0.15, 0.2) is 0 Å². The van der Waals surface area contributed by atoms with E-state index in [0.29, 0.717) is 18.7 Å². The van der Waals surface area contributed by atoms with E-state index in [1.165, 1.54) is 6.07 Å². The van der Waals surface area contributed by atoms with Gasteiger partial charge in [0.25, 0.3) is 5.69 Å². The Hall–Kier alpha value is -1.99. The van der Waals surface area contributed by atoms with Gasteiger partial charge in [-0.05, 0) is 25.5 Å². The van der Waals surface area contributed by atoms with Crippen LogP contribution in [0.2, 0.25) is 0 Å². The number of nitrogens with one attached hydrogen (secondary N) is 2. The Morgan fingerprint density at radius 3 is 2.91 bits per heavy atom. The molecule has 2 rings (SSSR count). The van der Waals surface area contributed by atoms with Gasteiger partial charge in [0.2, 0.25) is 5.91 Å². The summed E-state index contributed by atoms with van der Waals surface area (Å²) in [4.78, 5) is 23.0. The maximum atomic E-state index is 12.5. The number of methoxy groups -OCH3 is 1. The van der Waals surface area contributed by atoms with Gasteiger partial charge >= 0.3 is 0 Å². The molecule has 1 aliphatic heterocycles. The summed E-state index contributed by atoms with van der Waals surface area (Å²) in [5, 5.41) is 17.0. The van der Waals surface area contributed by atoms with Crippen LogP contribution in [0, 0.1) is 22.5 Å². The second-order valence-electron chi connectivity index (χ2n) is 5.64. The van der Waals surface area contributed by atoms with Gasteiger partial charge in [-0.15, -0.1) is 0 Å². The fourth-order valence-corrected chi connectivity index (χ4v) is 2.82. The molecule has 1 fully saturated rings. The molecule has 0 spiro atoms. The van der Waals surface area contributed by atoms with Crippen LogP contribution in [0.3, 0.4) is 0 Å². The first-order valence-corrected chi connectivity index (χ1v) is 7.21. The number of hydrogen-bond acceptors (Lipinski definition) is 5. The minimum atomic E-state index is -0.552. The molecular formula is C15H21N3O4. The predicted octanol–water partition coefficient (Wildman–Crippen LogP) is 1.15. The van der Waals surface area contributed by atoms with E-state index in [2.05, 4.69) is 10.6 Å². The van der Waals surface area contributed by atoms with Gasteiger partial charge < -0.3 is 15.4 Å². The largest absolute Gasteiger partial charge is 0.384 e. The molecule has 1 atom stereocenters. The number of carbonyl (C=O) groups is 1. The lowest BCUT2D eigenvalue weighted by atomic mass is 9.87. The minimum absolute atomic E-state index is 0.0703. The molecule has 0 aliphatic carbocycles. The molecule has 7 heteroatoms. The van der Waals surface area contributed by atoms with E-state index in [1.54, 1.807) is 26.2 Å². The van der Waals surface area contributed by atoms with E-state index in [0.717, 1.165) is 18.5 Å². The van der Waals surface area contributed by atoms with E-state index in [9.17, 15) is 14.9 Å². The molecule has 0 radical (unpaired) electrons. The molecule has 2 N–H and O–H groups in total. The van der Waals surface area contributed by atoms with Gasteiger partial charge in [-0.25, -0.2) is 0 Å². The molecule has 1 amide bonds. The second kappa shape index (κ2) is 6.85. The van der Waals surface area contributed by atoms with E-state index in [-0.39, 0.29) is 18.1 Å². The Morgan fingerprint density at radius 2 is 2.32 bits per heavy atom. The molecule has 22 heavy (non-hydrogen) atoms. The summed E-state index contributed by atoms with van der Waals surface area (Å²) in [6, 6.07) is 4.89. The van der Waals surface area contributed by atoms with Gasteiger partial charge in [0.05, 0.1) is 16.9 Å². The molecule has 0 aromatic heterocycles. The van der Waals surface area contributed by atoms with Crippen LogP contribution < -0.4 is 10.6 Å². The summed E-state index contributed by atoms with van der Waals surface area (Å²) in [6.07, 6.45) is 0.723.